The first-order valence-corrected chi connectivity index (χ1v) is 20.1. The van der Waals surface area contributed by atoms with Gasteiger partial charge in [0.15, 0.2) is 5.78 Å². The minimum absolute atomic E-state index is 0.0134. The number of Topliss-reactive ketones (excluding diaryl/α,β-unsaturated/α-hetero) is 2. The standard InChI is InChI=1S/C41H60N6O6/c1-7-12-28(32(49)37(53)44-25-15-16-25)45-34(50)27-22-41(39(5,6)40(41)17-11-18-40)21-26(27)31(48)33(38(2,3)4)47-36(52)30(24-13-9-8-10-14-24)46-35(51)29-23-42-19-20-43-29/h19-20,23-28,30,33H,7-18,21-22H2,1-6H3,(H,44,53)(H,45,50)(H,46,51)(H,47,52)/t26?,27-,28?,30+,33-,41+/m1/s1. The average molecular weight is 733 g/mol. The van der Waals surface area contributed by atoms with Crippen LogP contribution in [0.2, 0.25) is 0 Å². The molecule has 1 aromatic heterocycles. The molecular formula is C41H60N6O6. The average Bonchev–Trinajstić information content (AvgIpc) is 3.94. The number of aromatic nitrogens is 2. The largest absolute Gasteiger partial charge is 0.347 e. The van der Waals surface area contributed by atoms with Gasteiger partial charge >= 0.3 is 0 Å². The summed E-state index contributed by atoms with van der Waals surface area (Å²) in [6.07, 6.45) is 15.6. The van der Waals surface area contributed by atoms with Crippen molar-refractivity contribution in [2.45, 2.75) is 156 Å². The topological polar surface area (TPSA) is 176 Å². The Balaban J connectivity index is 1.26. The maximum absolute atomic E-state index is 15.1. The van der Waals surface area contributed by atoms with Gasteiger partial charge in [0.1, 0.15) is 11.7 Å². The van der Waals surface area contributed by atoms with Gasteiger partial charge in [-0.2, -0.15) is 0 Å². The van der Waals surface area contributed by atoms with E-state index in [1.54, 1.807) is 0 Å². The van der Waals surface area contributed by atoms with Crippen LogP contribution in [-0.2, 0) is 24.0 Å². The second-order valence-electron chi connectivity index (χ2n) is 18.4. The molecule has 5 aliphatic carbocycles. The lowest BCUT2D eigenvalue weighted by atomic mass is 9.72. The Morgan fingerprint density at radius 2 is 1.53 bits per heavy atom. The summed E-state index contributed by atoms with van der Waals surface area (Å²) in [5.74, 6) is -4.34. The number of carbonyl (C=O) groups excluding carboxylic acids is 6. The number of ketones is 2. The van der Waals surface area contributed by atoms with E-state index in [0.717, 1.165) is 64.2 Å². The van der Waals surface area contributed by atoms with Crippen LogP contribution >= 0.6 is 0 Å². The maximum Gasteiger partial charge on any atom is 0.289 e. The second kappa shape index (κ2) is 14.9. The fourth-order valence-electron chi connectivity index (χ4n) is 10.6. The summed E-state index contributed by atoms with van der Waals surface area (Å²) >= 11 is 0. The highest BCUT2D eigenvalue weighted by molar-refractivity contribution is 6.38. The van der Waals surface area contributed by atoms with Crippen LogP contribution in [0.25, 0.3) is 0 Å². The predicted octanol–water partition coefficient (Wildman–Crippen LogP) is 4.61. The van der Waals surface area contributed by atoms with Crippen molar-refractivity contribution in [2.24, 2.45) is 39.4 Å². The zero-order valence-electron chi connectivity index (χ0n) is 32.5. The van der Waals surface area contributed by atoms with E-state index in [9.17, 15) is 24.0 Å². The Kier molecular flexibility index (Phi) is 10.9. The molecule has 0 radical (unpaired) electrons. The molecule has 0 aromatic carbocycles. The number of hydrogen-bond donors (Lipinski definition) is 4. The Labute approximate surface area is 314 Å². The second-order valence-corrected chi connectivity index (χ2v) is 18.4. The lowest BCUT2D eigenvalue weighted by molar-refractivity contribution is -0.141. The van der Waals surface area contributed by atoms with Crippen LogP contribution in [0.3, 0.4) is 0 Å². The molecule has 0 bridgehead atoms. The van der Waals surface area contributed by atoms with Crippen molar-refractivity contribution in [3.05, 3.63) is 24.3 Å². The zero-order valence-corrected chi connectivity index (χ0v) is 32.5. The van der Waals surface area contributed by atoms with Crippen molar-refractivity contribution in [3.8, 4) is 0 Å². The summed E-state index contributed by atoms with van der Waals surface area (Å²) in [6.45, 7) is 12.2. The van der Waals surface area contributed by atoms with Crippen LogP contribution in [0.5, 0.6) is 0 Å². The van der Waals surface area contributed by atoms with Gasteiger partial charge in [-0.3, -0.25) is 33.8 Å². The van der Waals surface area contributed by atoms with E-state index in [-0.39, 0.29) is 45.6 Å². The van der Waals surface area contributed by atoms with Gasteiger partial charge in [0.05, 0.1) is 18.3 Å². The molecule has 0 saturated heterocycles. The minimum Gasteiger partial charge on any atom is -0.347 e. The Bertz CT molecular complexity index is 1590. The number of carbonyl (C=O) groups is 6. The summed E-state index contributed by atoms with van der Waals surface area (Å²) in [4.78, 5) is 91.4. The smallest absolute Gasteiger partial charge is 0.289 e. The third kappa shape index (κ3) is 7.27. The van der Waals surface area contributed by atoms with Gasteiger partial charge < -0.3 is 21.3 Å². The first kappa shape index (κ1) is 39.0. The molecule has 2 spiro atoms. The lowest BCUT2D eigenvalue weighted by Gasteiger charge is -2.36. The maximum atomic E-state index is 15.1. The van der Waals surface area contributed by atoms with Gasteiger partial charge in [0.25, 0.3) is 11.8 Å². The number of fused-ring (bicyclic) bond motifs is 1. The highest BCUT2D eigenvalue weighted by Gasteiger charge is 2.85. The summed E-state index contributed by atoms with van der Waals surface area (Å²) in [5, 5.41) is 11.7. The molecule has 6 atom stereocenters. The van der Waals surface area contributed by atoms with Crippen LogP contribution in [0, 0.1) is 39.4 Å². The van der Waals surface area contributed by atoms with E-state index >= 15 is 4.79 Å². The number of amides is 4. The van der Waals surface area contributed by atoms with Gasteiger partial charge in [0, 0.05) is 30.3 Å². The molecule has 1 heterocycles. The summed E-state index contributed by atoms with van der Waals surface area (Å²) in [7, 11) is 0. The molecule has 290 valence electrons. The molecule has 6 rings (SSSR count). The van der Waals surface area contributed by atoms with Crippen molar-refractivity contribution in [1.82, 2.24) is 31.2 Å². The normalized spacial score (nSPS) is 27.5. The molecule has 2 unspecified atom stereocenters. The first-order chi connectivity index (χ1) is 25.1. The molecule has 5 saturated carbocycles. The van der Waals surface area contributed by atoms with Crippen molar-refractivity contribution < 1.29 is 28.8 Å². The van der Waals surface area contributed by atoms with Crippen LogP contribution in [0.1, 0.15) is 142 Å². The Morgan fingerprint density at radius 3 is 2.08 bits per heavy atom. The van der Waals surface area contributed by atoms with Gasteiger partial charge in [-0.15, -0.1) is 0 Å². The molecular weight excluding hydrogens is 672 g/mol. The molecule has 1 aromatic rings. The first-order valence-electron chi connectivity index (χ1n) is 20.1. The van der Waals surface area contributed by atoms with Gasteiger partial charge in [-0.05, 0) is 85.4 Å². The molecule has 5 aliphatic rings. The molecule has 4 N–H and O–H groups in total. The van der Waals surface area contributed by atoms with Crippen LogP contribution in [0.4, 0.5) is 0 Å². The van der Waals surface area contributed by atoms with Crippen molar-refractivity contribution in [1.29, 1.82) is 0 Å². The van der Waals surface area contributed by atoms with Gasteiger partial charge in [-0.1, -0.05) is 73.6 Å². The lowest BCUT2D eigenvalue weighted by Crippen LogP contribution is -2.59. The quantitative estimate of drug-likeness (QED) is 0.201. The number of nitrogens with one attached hydrogen (secondary N) is 4. The highest BCUT2D eigenvalue weighted by Crippen LogP contribution is 2.90. The van der Waals surface area contributed by atoms with Gasteiger partial charge in [0.2, 0.25) is 17.6 Å². The summed E-state index contributed by atoms with van der Waals surface area (Å²) < 4.78 is 0. The predicted molar refractivity (Wildman–Crippen MR) is 198 cm³/mol. The molecule has 5 fully saturated rings. The van der Waals surface area contributed by atoms with E-state index in [1.807, 2.05) is 27.7 Å². The molecule has 12 nitrogen and oxygen atoms in total. The van der Waals surface area contributed by atoms with E-state index in [0.29, 0.717) is 25.7 Å². The number of nitrogens with zero attached hydrogens (tertiary/aromatic N) is 2. The van der Waals surface area contributed by atoms with E-state index < -0.39 is 58.9 Å². The van der Waals surface area contributed by atoms with Crippen molar-refractivity contribution in [3.63, 3.8) is 0 Å². The number of rotatable bonds is 14. The summed E-state index contributed by atoms with van der Waals surface area (Å²) in [5.41, 5.74) is -0.823. The van der Waals surface area contributed by atoms with Crippen LogP contribution in [-0.4, -0.2) is 69.3 Å². The third-order valence-corrected chi connectivity index (χ3v) is 14.0. The molecule has 53 heavy (non-hydrogen) atoms. The monoisotopic (exact) mass is 732 g/mol. The minimum atomic E-state index is -0.976. The SMILES string of the molecule is CCCC(NC(=O)[C@@H]1C[C@@]2(CC1C(=O)[C@@H](NC(=O)[C@@H](NC(=O)c1cnccn1)C1CCCCC1)C(C)(C)C)C(C)(C)C21CCC1)C(=O)C(=O)NC1CC1. The fourth-order valence-corrected chi connectivity index (χ4v) is 10.6. The molecule has 4 amide bonds. The third-order valence-electron chi connectivity index (χ3n) is 14.0. The van der Waals surface area contributed by atoms with E-state index in [2.05, 4.69) is 45.1 Å². The fraction of sp³-hybridized carbons (Fsp3) is 0.756. The van der Waals surface area contributed by atoms with Crippen LogP contribution < -0.4 is 21.3 Å². The molecule has 0 aliphatic heterocycles. The Hall–Kier alpha value is -3.70. The van der Waals surface area contributed by atoms with E-state index in [4.69, 9.17) is 0 Å². The van der Waals surface area contributed by atoms with Crippen molar-refractivity contribution >= 4 is 35.2 Å². The van der Waals surface area contributed by atoms with Gasteiger partial charge in [-0.25, -0.2) is 4.98 Å². The summed E-state index contributed by atoms with van der Waals surface area (Å²) in [6, 6.07) is -2.78. The van der Waals surface area contributed by atoms with Crippen molar-refractivity contribution in [2.75, 3.05) is 0 Å². The number of hydrogen-bond acceptors (Lipinski definition) is 8. The highest BCUT2D eigenvalue weighted by atomic mass is 16.2. The van der Waals surface area contributed by atoms with E-state index in [1.165, 1.54) is 18.6 Å². The molecule has 12 heteroatoms. The Morgan fingerprint density at radius 1 is 0.849 bits per heavy atom. The zero-order chi connectivity index (χ0) is 38.3. The van der Waals surface area contributed by atoms with Crippen LogP contribution in [0.15, 0.2) is 18.6 Å².